The minimum atomic E-state index is -1.30. The molecule has 3 rings (SSSR count). The number of aryl methyl sites for hydroxylation is 1. The molecule has 0 spiro atoms. The van der Waals surface area contributed by atoms with Crippen molar-refractivity contribution in [2.45, 2.75) is 32.9 Å². The predicted octanol–water partition coefficient (Wildman–Crippen LogP) is 2.40. The van der Waals surface area contributed by atoms with Gasteiger partial charge in [0.25, 0.3) is 5.91 Å². The highest BCUT2D eigenvalue weighted by atomic mass is 16.3. The lowest BCUT2D eigenvalue weighted by Gasteiger charge is -2.24. The van der Waals surface area contributed by atoms with E-state index in [9.17, 15) is 14.4 Å². The molecule has 7 nitrogen and oxygen atoms in total. The fraction of sp³-hybridized carbons (Fsp3) is 0.350. The van der Waals surface area contributed by atoms with Gasteiger partial charge < -0.3 is 14.6 Å². The molecule has 1 aromatic heterocycles. The molecule has 4 amide bonds. The van der Waals surface area contributed by atoms with Crippen molar-refractivity contribution in [3.63, 3.8) is 0 Å². The summed E-state index contributed by atoms with van der Waals surface area (Å²) in [5, 5.41) is 2.64. The number of carbonyl (C=O) groups is 3. The number of nitrogens with one attached hydrogen (secondary N) is 1. The number of furan rings is 1. The van der Waals surface area contributed by atoms with Crippen molar-refractivity contribution in [3.8, 4) is 0 Å². The summed E-state index contributed by atoms with van der Waals surface area (Å²) in [5.41, 5.74) is -0.317. The third-order valence-electron chi connectivity index (χ3n) is 4.75. The topological polar surface area (TPSA) is 82.9 Å². The molecule has 1 saturated heterocycles. The SMILES string of the molecule is CCN(Cc1ccccc1)C(=O)CN1C(=O)NC(C)(c2ccc(C)o2)C1=O. The Labute approximate surface area is 157 Å². The molecule has 1 unspecified atom stereocenters. The Bertz CT molecular complexity index is 861. The van der Waals surface area contributed by atoms with E-state index in [0.717, 1.165) is 10.5 Å². The van der Waals surface area contributed by atoms with Crippen LogP contribution in [0.3, 0.4) is 0 Å². The lowest BCUT2D eigenvalue weighted by molar-refractivity contribution is -0.139. The van der Waals surface area contributed by atoms with Crippen molar-refractivity contribution in [1.29, 1.82) is 0 Å². The third kappa shape index (κ3) is 3.58. The van der Waals surface area contributed by atoms with E-state index >= 15 is 0 Å². The summed E-state index contributed by atoms with van der Waals surface area (Å²) in [4.78, 5) is 40.5. The molecule has 2 heterocycles. The first-order chi connectivity index (χ1) is 12.8. The zero-order valence-electron chi connectivity index (χ0n) is 15.7. The second kappa shape index (κ2) is 7.26. The standard InChI is InChI=1S/C20H23N3O4/c1-4-22(12-15-8-6-5-7-9-15)17(24)13-23-18(25)20(3,21-19(23)26)16-11-10-14(2)27-16/h5-11H,4,12-13H2,1-3H3,(H,21,26). The van der Waals surface area contributed by atoms with E-state index in [-0.39, 0.29) is 12.5 Å². The maximum Gasteiger partial charge on any atom is 0.325 e. The quantitative estimate of drug-likeness (QED) is 0.793. The summed E-state index contributed by atoms with van der Waals surface area (Å²) in [5.74, 6) is 0.212. The van der Waals surface area contributed by atoms with Gasteiger partial charge in [0.15, 0.2) is 5.54 Å². The summed E-state index contributed by atoms with van der Waals surface area (Å²) >= 11 is 0. The molecule has 1 atom stereocenters. The molecule has 1 aliphatic rings. The summed E-state index contributed by atoms with van der Waals surface area (Å²) in [6.45, 7) is 5.80. The van der Waals surface area contributed by atoms with Crippen LogP contribution in [-0.2, 0) is 21.7 Å². The average Bonchev–Trinajstić information content (AvgIpc) is 3.18. The molecule has 0 aliphatic carbocycles. The number of hydrogen-bond acceptors (Lipinski definition) is 4. The van der Waals surface area contributed by atoms with Crippen molar-refractivity contribution in [2.24, 2.45) is 0 Å². The first kappa shape index (κ1) is 18.7. The van der Waals surface area contributed by atoms with Gasteiger partial charge in [-0.05, 0) is 38.5 Å². The normalized spacial score (nSPS) is 19.3. The first-order valence-electron chi connectivity index (χ1n) is 8.88. The Morgan fingerprint density at radius 3 is 2.48 bits per heavy atom. The molecule has 7 heteroatoms. The van der Waals surface area contributed by atoms with Crippen LogP contribution in [0.2, 0.25) is 0 Å². The Hall–Kier alpha value is -3.09. The average molecular weight is 369 g/mol. The van der Waals surface area contributed by atoms with E-state index in [4.69, 9.17) is 4.42 Å². The largest absolute Gasteiger partial charge is 0.463 e. The molecular formula is C20H23N3O4. The Balaban J connectivity index is 1.73. The van der Waals surface area contributed by atoms with E-state index in [1.54, 1.807) is 30.9 Å². The molecule has 1 aliphatic heterocycles. The van der Waals surface area contributed by atoms with Gasteiger partial charge in [-0.2, -0.15) is 0 Å². The number of imide groups is 1. The van der Waals surface area contributed by atoms with Gasteiger partial charge in [0, 0.05) is 13.1 Å². The highest BCUT2D eigenvalue weighted by Gasteiger charge is 2.51. The summed E-state index contributed by atoms with van der Waals surface area (Å²) in [7, 11) is 0. The second-order valence-electron chi connectivity index (χ2n) is 6.75. The van der Waals surface area contributed by atoms with Crippen molar-refractivity contribution in [3.05, 3.63) is 59.5 Å². The van der Waals surface area contributed by atoms with E-state index in [2.05, 4.69) is 5.32 Å². The van der Waals surface area contributed by atoms with Crippen LogP contribution >= 0.6 is 0 Å². The van der Waals surface area contributed by atoms with Crippen LogP contribution in [0.1, 0.15) is 30.9 Å². The van der Waals surface area contributed by atoms with Crippen molar-refractivity contribution < 1.29 is 18.8 Å². The van der Waals surface area contributed by atoms with Gasteiger partial charge in [0.1, 0.15) is 18.1 Å². The Morgan fingerprint density at radius 1 is 1.19 bits per heavy atom. The van der Waals surface area contributed by atoms with E-state index in [1.165, 1.54) is 0 Å². The van der Waals surface area contributed by atoms with Gasteiger partial charge in [-0.1, -0.05) is 30.3 Å². The van der Waals surface area contributed by atoms with E-state index in [0.29, 0.717) is 24.6 Å². The number of amides is 4. The first-order valence-corrected chi connectivity index (χ1v) is 8.88. The fourth-order valence-corrected chi connectivity index (χ4v) is 3.13. The molecule has 0 radical (unpaired) electrons. The molecule has 0 saturated carbocycles. The number of likely N-dealkylation sites (N-methyl/N-ethyl adjacent to an activating group) is 1. The number of hydrogen-bond donors (Lipinski definition) is 1. The van der Waals surface area contributed by atoms with Crippen molar-refractivity contribution >= 4 is 17.8 Å². The van der Waals surface area contributed by atoms with Gasteiger partial charge in [-0.25, -0.2) is 4.79 Å². The Morgan fingerprint density at radius 2 is 1.89 bits per heavy atom. The lowest BCUT2D eigenvalue weighted by atomic mass is 9.99. The molecule has 2 aromatic rings. The number of nitrogens with zero attached hydrogens (tertiary/aromatic N) is 2. The van der Waals surface area contributed by atoms with Crippen LogP contribution < -0.4 is 5.32 Å². The molecule has 1 aromatic carbocycles. The molecule has 0 bridgehead atoms. The van der Waals surface area contributed by atoms with Gasteiger partial charge in [0.2, 0.25) is 5.91 Å². The van der Waals surface area contributed by atoms with Crippen LogP contribution in [0.5, 0.6) is 0 Å². The zero-order chi connectivity index (χ0) is 19.6. The van der Waals surface area contributed by atoms with Gasteiger partial charge >= 0.3 is 6.03 Å². The molecular weight excluding hydrogens is 346 g/mol. The number of benzene rings is 1. The maximum absolute atomic E-state index is 12.9. The lowest BCUT2D eigenvalue weighted by Crippen LogP contribution is -2.44. The molecule has 142 valence electrons. The highest BCUT2D eigenvalue weighted by Crippen LogP contribution is 2.30. The monoisotopic (exact) mass is 369 g/mol. The minimum absolute atomic E-state index is 0.287. The van der Waals surface area contributed by atoms with Crippen LogP contribution in [0.4, 0.5) is 4.79 Å². The summed E-state index contributed by atoms with van der Waals surface area (Å²) in [6.07, 6.45) is 0. The van der Waals surface area contributed by atoms with E-state index in [1.807, 2.05) is 37.3 Å². The molecule has 27 heavy (non-hydrogen) atoms. The van der Waals surface area contributed by atoms with Crippen LogP contribution in [0.15, 0.2) is 46.9 Å². The van der Waals surface area contributed by atoms with Gasteiger partial charge in [-0.3, -0.25) is 14.5 Å². The smallest absolute Gasteiger partial charge is 0.325 e. The minimum Gasteiger partial charge on any atom is -0.463 e. The number of urea groups is 1. The highest BCUT2D eigenvalue weighted by molar-refractivity contribution is 6.08. The van der Waals surface area contributed by atoms with E-state index < -0.39 is 17.5 Å². The Kier molecular flexibility index (Phi) is 5.03. The molecule has 1 fully saturated rings. The zero-order valence-corrected chi connectivity index (χ0v) is 15.7. The van der Waals surface area contributed by atoms with Crippen molar-refractivity contribution in [2.75, 3.05) is 13.1 Å². The van der Waals surface area contributed by atoms with Crippen LogP contribution in [0, 0.1) is 6.92 Å². The fourth-order valence-electron chi connectivity index (χ4n) is 3.13. The second-order valence-corrected chi connectivity index (χ2v) is 6.75. The van der Waals surface area contributed by atoms with Crippen LogP contribution in [0.25, 0.3) is 0 Å². The van der Waals surface area contributed by atoms with Gasteiger partial charge in [-0.15, -0.1) is 0 Å². The third-order valence-corrected chi connectivity index (χ3v) is 4.75. The molecule has 1 N–H and O–H groups in total. The summed E-state index contributed by atoms with van der Waals surface area (Å²) in [6, 6.07) is 12.4. The maximum atomic E-state index is 12.9. The number of carbonyl (C=O) groups excluding carboxylic acids is 3. The summed E-state index contributed by atoms with van der Waals surface area (Å²) < 4.78 is 5.53. The predicted molar refractivity (Wildman–Crippen MR) is 98.6 cm³/mol. The van der Waals surface area contributed by atoms with Crippen LogP contribution in [-0.4, -0.2) is 40.7 Å². The van der Waals surface area contributed by atoms with Gasteiger partial charge in [0.05, 0.1) is 0 Å². The van der Waals surface area contributed by atoms with Crippen molar-refractivity contribution in [1.82, 2.24) is 15.1 Å². The number of rotatable bonds is 6.